The predicted molar refractivity (Wildman–Crippen MR) is 50.1 cm³/mol. The van der Waals surface area contributed by atoms with E-state index in [2.05, 4.69) is 20.8 Å². The predicted octanol–water partition coefficient (Wildman–Crippen LogP) is 2.99. The molecule has 1 nitrogen and oxygen atoms in total. The van der Waals surface area contributed by atoms with Crippen molar-refractivity contribution in [2.75, 3.05) is 0 Å². The van der Waals surface area contributed by atoms with Gasteiger partial charge in [-0.05, 0) is 24.7 Å². The number of hydrogen-bond donors (Lipinski definition) is 0. The van der Waals surface area contributed by atoms with Crippen molar-refractivity contribution in [1.29, 1.82) is 0 Å². The van der Waals surface area contributed by atoms with Gasteiger partial charge in [-0.2, -0.15) is 0 Å². The van der Waals surface area contributed by atoms with Crippen LogP contribution in [0, 0.1) is 11.3 Å². The van der Waals surface area contributed by atoms with E-state index < -0.39 is 0 Å². The highest BCUT2D eigenvalue weighted by atomic mass is 16.5. The van der Waals surface area contributed by atoms with Crippen LogP contribution in [0.3, 0.4) is 0 Å². The lowest BCUT2D eigenvalue weighted by atomic mass is 9.73. The van der Waals surface area contributed by atoms with Gasteiger partial charge in [-0.15, -0.1) is 0 Å². The van der Waals surface area contributed by atoms with Crippen LogP contribution in [0.15, 0.2) is 0 Å². The van der Waals surface area contributed by atoms with Crippen LogP contribution in [0.2, 0.25) is 0 Å². The van der Waals surface area contributed by atoms with Gasteiger partial charge < -0.3 is 4.74 Å². The molecule has 0 amide bonds. The largest absolute Gasteiger partial charge is 0.374 e. The molecule has 1 aliphatic carbocycles. The highest BCUT2D eigenvalue weighted by Crippen LogP contribution is 2.49. The van der Waals surface area contributed by atoms with Gasteiger partial charge in [0.1, 0.15) is 0 Å². The van der Waals surface area contributed by atoms with Crippen molar-refractivity contribution in [1.82, 2.24) is 0 Å². The summed E-state index contributed by atoms with van der Waals surface area (Å²) >= 11 is 0. The minimum Gasteiger partial charge on any atom is -0.374 e. The molecule has 12 heavy (non-hydrogen) atoms. The van der Waals surface area contributed by atoms with Crippen LogP contribution in [0.4, 0.5) is 0 Å². The van der Waals surface area contributed by atoms with Crippen LogP contribution in [-0.4, -0.2) is 12.2 Å². The van der Waals surface area contributed by atoms with Gasteiger partial charge in [-0.1, -0.05) is 27.2 Å². The second-order valence-corrected chi connectivity index (χ2v) is 5.03. The van der Waals surface area contributed by atoms with E-state index in [-0.39, 0.29) is 0 Å². The minimum atomic E-state index is 0.408. The van der Waals surface area contributed by atoms with Crippen molar-refractivity contribution in [3.63, 3.8) is 0 Å². The smallest absolute Gasteiger partial charge is 0.0682 e. The number of ether oxygens (including phenoxy) is 1. The van der Waals surface area contributed by atoms with Crippen LogP contribution < -0.4 is 0 Å². The molecule has 1 heteroatoms. The summed E-state index contributed by atoms with van der Waals surface area (Å²) in [5.74, 6) is 0.903. The van der Waals surface area contributed by atoms with Gasteiger partial charge in [-0.25, -0.2) is 0 Å². The molecular weight excluding hydrogens is 148 g/mol. The summed E-state index contributed by atoms with van der Waals surface area (Å²) in [5, 5.41) is 0. The SMILES string of the molecule is CCC(C)(C)C1OC2CCCC21. The van der Waals surface area contributed by atoms with E-state index in [1.807, 2.05) is 0 Å². The maximum atomic E-state index is 5.92. The molecule has 2 fully saturated rings. The van der Waals surface area contributed by atoms with Gasteiger partial charge in [0.2, 0.25) is 0 Å². The molecule has 0 aromatic carbocycles. The molecule has 70 valence electrons. The van der Waals surface area contributed by atoms with Gasteiger partial charge in [0.25, 0.3) is 0 Å². The second kappa shape index (κ2) is 2.73. The Balaban J connectivity index is 1.99. The Kier molecular flexibility index (Phi) is 1.95. The van der Waals surface area contributed by atoms with E-state index in [1.54, 1.807) is 0 Å². The first-order valence-electron chi connectivity index (χ1n) is 5.30. The Morgan fingerprint density at radius 2 is 2.08 bits per heavy atom. The average molecular weight is 168 g/mol. The lowest BCUT2D eigenvalue weighted by molar-refractivity contribution is -0.214. The fraction of sp³-hybridized carbons (Fsp3) is 1.00. The van der Waals surface area contributed by atoms with Crippen LogP contribution in [0.25, 0.3) is 0 Å². The lowest BCUT2D eigenvalue weighted by Crippen LogP contribution is -2.53. The topological polar surface area (TPSA) is 9.23 Å². The molecular formula is C11H20O. The zero-order valence-corrected chi connectivity index (χ0v) is 8.47. The molecule has 1 saturated heterocycles. The number of rotatable bonds is 2. The molecule has 0 aromatic heterocycles. The summed E-state index contributed by atoms with van der Waals surface area (Å²) in [6.45, 7) is 6.95. The van der Waals surface area contributed by atoms with Crippen molar-refractivity contribution in [2.45, 2.75) is 58.7 Å². The molecule has 3 unspecified atom stereocenters. The fourth-order valence-corrected chi connectivity index (χ4v) is 2.63. The minimum absolute atomic E-state index is 0.408. The highest BCUT2D eigenvalue weighted by Gasteiger charge is 2.50. The summed E-state index contributed by atoms with van der Waals surface area (Å²) in [4.78, 5) is 0. The maximum absolute atomic E-state index is 5.92. The van der Waals surface area contributed by atoms with Crippen LogP contribution in [0.1, 0.15) is 46.5 Å². The molecule has 0 spiro atoms. The Morgan fingerprint density at radius 3 is 2.67 bits per heavy atom. The third-order valence-corrected chi connectivity index (χ3v) is 3.90. The molecule has 1 aliphatic heterocycles. The maximum Gasteiger partial charge on any atom is 0.0682 e. The Bertz CT molecular complexity index is 174. The van der Waals surface area contributed by atoms with Gasteiger partial charge in [0.15, 0.2) is 0 Å². The lowest BCUT2D eigenvalue weighted by Gasteiger charge is -2.49. The molecule has 0 radical (unpaired) electrons. The molecule has 0 aromatic rings. The number of hydrogen-bond acceptors (Lipinski definition) is 1. The molecule has 2 aliphatic rings. The summed E-state index contributed by atoms with van der Waals surface area (Å²) in [6, 6.07) is 0. The third kappa shape index (κ3) is 1.10. The van der Waals surface area contributed by atoms with Crippen LogP contribution in [-0.2, 0) is 4.74 Å². The van der Waals surface area contributed by atoms with E-state index >= 15 is 0 Å². The first-order valence-corrected chi connectivity index (χ1v) is 5.30. The van der Waals surface area contributed by atoms with Gasteiger partial charge in [-0.3, -0.25) is 0 Å². The summed E-state index contributed by atoms with van der Waals surface area (Å²) in [7, 11) is 0. The summed E-state index contributed by atoms with van der Waals surface area (Å²) in [5.41, 5.74) is 0.408. The third-order valence-electron chi connectivity index (χ3n) is 3.90. The van der Waals surface area contributed by atoms with E-state index in [0.29, 0.717) is 17.6 Å². The normalized spacial score (nSPS) is 40.8. The Morgan fingerprint density at radius 1 is 1.33 bits per heavy atom. The molecule has 0 N–H and O–H groups in total. The van der Waals surface area contributed by atoms with Crippen molar-refractivity contribution < 1.29 is 4.74 Å². The highest BCUT2D eigenvalue weighted by molar-refractivity contribution is 4.98. The molecule has 0 bridgehead atoms. The van der Waals surface area contributed by atoms with Crippen molar-refractivity contribution in [3.8, 4) is 0 Å². The zero-order chi connectivity index (χ0) is 8.77. The fourth-order valence-electron chi connectivity index (χ4n) is 2.63. The molecule has 3 atom stereocenters. The quantitative estimate of drug-likeness (QED) is 0.616. The van der Waals surface area contributed by atoms with E-state index in [0.717, 1.165) is 5.92 Å². The molecule has 2 rings (SSSR count). The molecule has 1 heterocycles. The summed E-state index contributed by atoms with van der Waals surface area (Å²) in [6.07, 6.45) is 6.57. The number of fused-ring (bicyclic) bond motifs is 1. The Labute approximate surface area is 75.5 Å². The van der Waals surface area contributed by atoms with Crippen molar-refractivity contribution in [3.05, 3.63) is 0 Å². The van der Waals surface area contributed by atoms with Gasteiger partial charge in [0.05, 0.1) is 12.2 Å². The van der Waals surface area contributed by atoms with Crippen LogP contribution in [0.5, 0.6) is 0 Å². The van der Waals surface area contributed by atoms with Gasteiger partial charge >= 0.3 is 0 Å². The van der Waals surface area contributed by atoms with Crippen molar-refractivity contribution in [2.24, 2.45) is 11.3 Å². The van der Waals surface area contributed by atoms with E-state index in [1.165, 1.54) is 25.7 Å². The first kappa shape index (κ1) is 8.55. The first-order chi connectivity index (χ1) is 5.65. The van der Waals surface area contributed by atoms with Gasteiger partial charge in [0, 0.05) is 5.92 Å². The average Bonchev–Trinajstić information content (AvgIpc) is 2.32. The monoisotopic (exact) mass is 168 g/mol. The van der Waals surface area contributed by atoms with Crippen molar-refractivity contribution >= 4 is 0 Å². The van der Waals surface area contributed by atoms with E-state index in [4.69, 9.17) is 4.74 Å². The van der Waals surface area contributed by atoms with E-state index in [9.17, 15) is 0 Å². The second-order valence-electron chi connectivity index (χ2n) is 5.03. The Hall–Kier alpha value is -0.0400. The summed E-state index contributed by atoms with van der Waals surface area (Å²) < 4.78 is 5.92. The standard InChI is InChI=1S/C11H20O/c1-4-11(2,3)10-8-6-5-7-9(8)12-10/h8-10H,4-7H2,1-3H3. The van der Waals surface area contributed by atoms with Crippen LogP contribution >= 0.6 is 0 Å². The zero-order valence-electron chi connectivity index (χ0n) is 8.47. The molecule has 1 saturated carbocycles.